The lowest BCUT2D eigenvalue weighted by molar-refractivity contribution is -0.124. The van der Waals surface area contributed by atoms with Crippen molar-refractivity contribution in [3.05, 3.63) is 54.6 Å². The molecule has 8 heteroatoms. The normalized spacial score (nSPS) is 27.2. The molecule has 0 aromatic carbocycles. The zero-order valence-corrected chi connectivity index (χ0v) is 26.6. The summed E-state index contributed by atoms with van der Waals surface area (Å²) in [4.78, 5) is 27.9. The minimum atomic E-state index is -0.289. The molecule has 0 saturated heterocycles. The molecular formula is C35H48N6O2. The maximum absolute atomic E-state index is 14.3. The van der Waals surface area contributed by atoms with Crippen LogP contribution in [0.1, 0.15) is 90.5 Å². The quantitative estimate of drug-likeness (QED) is 0.349. The highest BCUT2D eigenvalue weighted by atomic mass is 16.3. The molecule has 230 valence electrons. The third kappa shape index (κ3) is 5.95. The number of carbonyl (C=O) groups is 1. The highest BCUT2D eigenvalue weighted by molar-refractivity contribution is 5.95. The van der Waals surface area contributed by atoms with E-state index >= 15 is 0 Å². The van der Waals surface area contributed by atoms with Crippen LogP contribution in [0.25, 0.3) is 11.1 Å². The molecule has 0 aliphatic heterocycles. The monoisotopic (exact) mass is 584 g/mol. The molecule has 0 atom stereocenters. The molecule has 0 radical (unpaired) electrons. The van der Waals surface area contributed by atoms with Crippen LogP contribution in [0.3, 0.4) is 0 Å². The van der Waals surface area contributed by atoms with Crippen molar-refractivity contribution in [2.24, 2.45) is 11.3 Å². The molecule has 3 aromatic heterocycles. The van der Waals surface area contributed by atoms with Gasteiger partial charge in [-0.1, -0.05) is 6.07 Å². The highest BCUT2D eigenvalue weighted by Crippen LogP contribution is 2.58. The van der Waals surface area contributed by atoms with Crippen molar-refractivity contribution in [3.8, 4) is 11.1 Å². The second-order valence-electron chi connectivity index (χ2n) is 14.8. The molecule has 0 unspecified atom stereocenters. The third-order valence-corrected chi connectivity index (χ3v) is 10.7. The fourth-order valence-electron chi connectivity index (χ4n) is 7.63. The van der Waals surface area contributed by atoms with Gasteiger partial charge in [0, 0.05) is 50.7 Å². The molecule has 4 aliphatic rings. The summed E-state index contributed by atoms with van der Waals surface area (Å²) >= 11 is 0. The lowest BCUT2D eigenvalue weighted by Crippen LogP contribution is -2.52. The Morgan fingerprint density at radius 1 is 0.930 bits per heavy atom. The number of fused-ring (bicyclic) bond motifs is 3. The van der Waals surface area contributed by atoms with Gasteiger partial charge in [-0.3, -0.25) is 14.4 Å². The van der Waals surface area contributed by atoms with E-state index in [-0.39, 0.29) is 34.3 Å². The van der Waals surface area contributed by atoms with Gasteiger partial charge in [-0.15, -0.1) is 0 Å². The van der Waals surface area contributed by atoms with E-state index in [1.54, 1.807) is 0 Å². The molecule has 4 aliphatic carbocycles. The summed E-state index contributed by atoms with van der Waals surface area (Å²) < 4.78 is 1.98. The van der Waals surface area contributed by atoms with Crippen molar-refractivity contribution in [3.63, 3.8) is 0 Å². The van der Waals surface area contributed by atoms with Gasteiger partial charge in [-0.25, -0.2) is 9.97 Å². The second-order valence-corrected chi connectivity index (χ2v) is 14.8. The predicted molar refractivity (Wildman–Crippen MR) is 171 cm³/mol. The van der Waals surface area contributed by atoms with Crippen LogP contribution >= 0.6 is 0 Å². The van der Waals surface area contributed by atoms with Crippen LogP contribution in [0.2, 0.25) is 0 Å². The predicted octanol–water partition coefficient (Wildman–Crippen LogP) is 6.34. The maximum atomic E-state index is 14.3. The van der Waals surface area contributed by atoms with Crippen LogP contribution in [0.15, 0.2) is 49.1 Å². The van der Waals surface area contributed by atoms with Gasteiger partial charge in [-0.05, 0) is 125 Å². The van der Waals surface area contributed by atoms with E-state index in [2.05, 4.69) is 56.5 Å². The van der Waals surface area contributed by atoms with E-state index in [1.165, 1.54) is 5.56 Å². The first kappa shape index (κ1) is 29.8. The van der Waals surface area contributed by atoms with Crippen molar-refractivity contribution in [2.75, 3.05) is 30.4 Å². The summed E-state index contributed by atoms with van der Waals surface area (Å²) in [7, 11) is 4.06. The van der Waals surface area contributed by atoms with E-state index in [0.717, 1.165) is 74.1 Å². The second kappa shape index (κ2) is 11.3. The number of aliphatic hydroxyl groups is 1. The summed E-state index contributed by atoms with van der Waals surface area (Å²) in [5, 5.41) is 14.7. The molecule has 3 heterocycles. The van der Waals surface area contributed by atoms with Crippen LogP contribution in [0.4, 0.5) is 11.6 Å². The largest absolute Gasteiger partial charge is 0.393 e. The SMILES string of the molecule is CN(C)c1ccc(C23CCC(CN(C(=O)C4CCC(O)CC4)c4cc(-c5cnn(C(C)(C)C)c5)ccn4)(CC2)CC3)cn1. The number of nitrogens with zero attached hydrogens (tertiary/aromatic N) is 6. The van der Waals surface area contributed by atoms with Crippen LogP contribution < -0.4 is 9.80 Å². The number of hydrogen-bond donors (Lipinski definition) is 1. The Kier molecular flexibility index (Phi) is 7.86. The van der Waals surface area contributed by atoms with E-state index < -0.39 is 0 Å². The van der Waals surface area contributed by atoms with Crippen LogP contribution in [0, 0.1) is 11.3 Å². The van der Waals surface area contributed by atoms with E-state index in [1.807, 2.05) is 47.0 Å². The van der Waals surface area contributed by atoms with Gasteiger partial charge >= 0.3 is 0 Å². The van der Waals surface area contributed by atoms with Gasteiger partial charge in [0.25, 0.3) is 0 Å². The average Bonchev–Trinajstić information content (AvgIpc) is 3.53. The molecule has 3 aromatic rings. The first-order valence-corrected chi connectivity index (χ1v) is 16.1. The molecule has 43 heavy (non-hydrogen) atoms. The number of aromatic nitrogens is 4. The summed E-state index contributed by atoms with van der Waals surface area (Å²) in [6.07, 6.45) is 17.2. The maximum Gasteiger partial charge on any atom is 0.231 e. The first-order chi connectivity index (χ1) is 20.5. The van der Waals surface area contributed by atoms with E-state index in [4.69, 9.17) is 9.97 Å². The van der Waals surface area contributed by atoms with Gasteiger partial charge in [0.2, 0.25) is 5.91 Å². The lowest BCUT2D eigenvalue weighted by Gasteiger charge is -2.55. The summed E-state index contributed by atoms with van der Waals surface area (Å²) in [6, 6.07) is 8.51. The minimum absolute atomic E-state index is 0.0681. The van der Waals surface area contributed by atoms with Crippen molar-refractivity contribution >= 4 is 17.5 Å². The van der Waals surface area contributed by atoms with Crippen molar-refractivity contribution < 1.29 is 9.90 Å². The number of aliphatic hydroxyl groups excluding tert-OH is 1. The van der Waals surface area contributed by atoms with E-state index in [0.29, 0.717) is 19.4 Å². The van der Waals surface area contributed by atoms with Crippen LogP contribution in [-0.2, 0) is 15.7 Å². The zero-order valence-electron chi connectivity index (χ0n) is 26.6. The molecule has 2 bridgehead atoms. The number of hydrogen-bond acceptors (Lipinski definition) is 6. The van der Waals surface area contributed by atoms with Gasteiger partial charge < -0.3 is 10.0 Å². The molecule has 4 saturated carbocycles. The molecular weight excluding hydrogens is 536 g/mol. The summed E-state index contributed by atoms with van der Waals surface area (Å²) in [5.74, 6) is 1.83. The molecule has 1 amide bonds. The third-order valence-electron chi connectivity index (χ3n) is 10.7. The minimum Gasteiger partial charge on any atom is -0.393 e. The Hall–Kier alpha value is -3.26. The van der Waals surface area contributed by atoms with Gasteiger partial charge in [0.05, 0.1) is 17.8 Å². The lowest BCUT2D eigenvalue weighted by atomic mass is 9.52. The van der Waals surface area contributed by atoms with E-state index in [9.17, 15) is 9.90 Å². The zero-order chi connectivity index (χ0) is 30.4. The number of rotatable bonds is 7. The van der Waals surface area contributed by atoms with Crippen LogP contribution in [0.5, 0.6) is 0 Å². The highest BCUT2D eigenvalue weighted by Gasteiger charge is 2.51. The molecule has 0 spiro atoms. The Bertz CT molecular complexity index is 1410. The Balaban J connectivity index is 1.26. The fourth-order valence-corrected chi connectivity index (χ4v) is 7.63. The summed E-state index contributed by atoms with van der Waals surface area (Å²) in [5.41, 5.74) is 3.60. The number of anilines is 2. The first-order valence-electron chi connectivity index (χ1n) is 16.1. The molecule has 1 N–H and O–H groups in total. The number of pyridine rings is 2. The summed E-state index contributed by atoms with van der Waals surface area (Å²) in [6.45, 7) is 7.12. The fraction of sp³-hybridized carbons (Fsp3) is 0.600. The Morgan fingerprint density at radius 2 is 1.63 bits per heavy atom. The number of carbonyl (C=O) groups excluding carboxylic acids is 1. The Labute approximate surface area is 256 Å². The topological polar surface area (TPSA) is 87.4 Å². The molecule has 7 rings (SSSR count). The van der Waals surface area contributed by atoms with Crippen molar-refractivity contribution in [1.82, 2.24) is 19.7 Å². The van der Waals surface area contributed by atoms with Crippen molar-refractivity contribution in [1.29, 1.82) is 0 Å². The smallest absolute Gasteiger partial charge is 0.231 e. The van der Waals surface area contributed by atoms with Gasteiger partial charge in [-0.2, -0.15) is 5.10 Å². The standard InChI is InChI=1S/C35H48N6O2/c1-33(2,3)41-23-27(21-38-41)26-12-19-36-31(20-26)40(32(43)25-6-9-29(42)10-7-25)24-34-13-16-35(17-14-34,18-15-34)28-8-11-30(37-22-28)39(4)5/h8,11-12,19-23,25,29,42H,6-7,9-10,13-18,24H2,1-5H3. The number of amides is 1. The molecule has 4 fully saturated rings. The molecule has 8 nitrogen and oxygen atoms in total. The Morgan fingerprint density at radius 3 is 2.21 bits per heavy atom. The van der Waals surface area contributed by atoms with Crippen molar-refractivity contribution in [2.45, 2.75) is 102 Å². The van der Waals surface area contributed by atoms with Gasteiger partial charge in [0.1, 0.15) is 11.6 Å². The van der Waals surface area contributed by atoms with Gasteiger partial charge in [0.15, 0.2) is 0 Å². The average molecular weight is 585 g/mol. The van der Waals surface area contributed by atoms with Crippen LogP contribution in [-0.4, -0.2) is 57.5 Å².